The van der Waals surface area contributed by atoms with Gasteiger partial charge in [0.1, 0.15) is 17.1 Å². The van der Waals surface area contributed by atoms with Crippen LogP contribution in [0.4, 0.5) is 47.7 Å². The topological polar surface area (TPSA) is 112 Å². The van der Waals surface area contributed by atoms with Crippen molar-refractivity contribution in [3.8, 4) is 5.75 Å². The summed E-state index contributed by atoms with van der Waals surface area (Å²) in [6, 6.07) is 12.0. The van der Waals surface area contributed by atoms with Gasteiger partial charge in [0.2, 0.25) is 17.8 Å². The van der Waals surface area contributed by atoms with Gasteiger partial charge in [-0.2, -0.15) is 18.2 Å². The van der Waals surface area contributed by atoms with Crippen LogP contribution in [-0.2, 0) is 15.8 Å². The van der Waals surface area contributed by atoms with Crippen LogP contribution < -0.4 is 25.6 Å². The number of carbonyl (C=O) groups excluding carboxylic acids is 2. The highest BCUT2D eigenvalue weighted by Gasteiger charge is 2.41. The van der Waals surface area contributed by atoms with Crippen LogP contribution in [0, 0.1) is 0 Å². The largest absolute Gasteiger partial charge is 0.494 e. The van der Waals surface area contributed by atoms with E-state index < -0.39 is 23.5 Å². The maximum Gasteiger partial charge on any atom is 0.421 e. The van der Waals surface area contributed by atoms with Gasteiger partial charge in [0.25, 0.3) is 0 Å². The maximum atomic E-state index is 13.8. The Balaban J connectivity index is 1.38. The molecule has 42 heavy (non-hydrogen) atoms. The van der Waals surface area contributed by atoms with Crippen LogP contribution in [0.5, 0.6) is 5.75 Å². The van der Waals surface area contributed by atoms with Crippen molar-refractivity contribution < 1.29 is 27.5 Å². The number of hydrogen-bond acceptors (Lipinski definition) is 8. The first-order chi connectivity index (χ1) is 20.0. The third kappa shape index (κ3) is 6.09. The number of ether oxygens (including phenoxy) is 1. The molecular weight excluding hydrogens is 551 g/mol. The smallest absolute Gasteiger partial charge is 0.421 e. The lowest BCUT2D eigenvalue weighted by Gasteiger charge is -2.41. The zero-order valence-electron chi connectivity index (χ0n) is 23.0. The van der Waals surface area contributed by atoms with E-state index in [9.17, 15) is 22.8 Å². The number of amides is 2. The molecule has 0 radical (unpaired) electrons. The summed E-state index contributed by atoms with van der Waals surface area (Å²) in [4.78, 5) is 35.9. The molecule has 2 bridgehead atoms. The number of fused-ring (bicyclic) bond motifs is 2. The molecule has 13 heteroatoms. The van der Waals surface area contributed by atoms with Gasteiger partial charge in [-0.15, -0.1) is 0 Å². The molecule has 1 aromatic heterocycles. The predicted molar refractivity (Wildman–Crippen MR) is 153 cm³/mol. The molecule has 2 aromatic carbocycles. The molecule has 0 aliphatic carbocycles. The number of nitrogens with zero attached hydrogens (tertiary/aromatic N) is 4. The van der Waals surface area contributed by atoms with E-state index in [1.165, 1.54) is 13.2 Å². The molecule has 2 unspecified atom stereocenters. The monoisotopic (exact) mass is 581 g/mol. The standard InChI is InChI=1S/C29H30F3N7O3/c1-4-26(41)34-18-6-5-7-19(12-18)35-27-23(29(30,31)32)14-33-28(37-27)36-24-11-10-20(13-25(24)42-3)38-15-21-8-9-22(16-38)39(21)17(2)40/h4-7,10-14,21-22H,1,8-9,15-16H2,2-3H3,(H,34,41)(H2,33,35,36,37). The highest BCUT2D eigenvalue weighted by atomic mass is 19.4. The van der Waals surface area contributed by atoms with Gasteiger partial charge >= 0.3 is 6.18 Å². The number of anilines is 6. The second-order valence-electron chi connectivity index (χ2n) is 10.1. The Bertz CT molecular complexity index is 1500. The third-order valence-electron chi connectivity index (χ3n) is 7.31. The number of nitrogens with one attached hydrogen (secondary N) is 3. The van der Waals surface area contributed by atoms with E-state index in [0.717, 1.165) is 24.6 Å². The Morgan fingerprint density at radius 2 is 1.79 bits per heavy atom. The first-order valence-electron chi connectivity index (χ1n) is 13.3. The lowest BCUT2D eigenvalue weighted by atomic mass is 10.1. The molecule has 10 nitrogen and oxygen atoms in total. The molecule has 0 saturated carbocycles. The molecule has 2 aliphatic heterocycles. The molecule has 2 saturated heterocycles. The fraction of sp³-hybridized carbons (Fsp3) is 0.310. The van der Waals surface area contributed by atoms with Gasteiger partial charge in [-0.1, -0.05) is 12.6 Å². The summed E-state index contributed by atoms with van der Waals surface area (Å²) in [7, 11) is 1.50. The quantitative estimate of drug-likeness (QED) is 0.307. The summed E-state index contributed by atoms with van der Waals surface area (Å²) >= 11 is 0. The first-order valence-corrected chi connectivity index (χ1v) is 13.3. The Kier molecular flexibility index (Phi) is 7.92. The van der Waals surface area contributed by atoms with Crippen molar-refractivity contribution in [3.63, 3.8) is 0 Å². The van der Waals surface area contributed by atoms with Crippen LogP contribution in [0.1, 0.15) is 25.3 Å². The second-order valence-corrected chi connectivity index (χ2v) is 10.1. The zero-order chi connectivity index (χ0) is 30.0. The number of carbonyl (C=O) groups is 2. The number of benzene rings is 2. The molecule has 5 rings (SSSR count). The molecular formula is C29H30F3N7O3. The number of piperazine rings is 1. The fourth-order valence-corrected chi connectivity index (χ4v) is 5.48. The van der Waals surface area contributed by atoms with Crippen LogP contribution >= 0.6 is 0 Å². The Morgan fingerprint density at radius 1 is 1.07 bits per heavy atom. The summed E-state index contributed by atoms with van der Waals surface area (Å²) in [5.41, 5.74) is 0.956. The van der Waals surface area contributed by atoms with Gasteiger partial charge in [-0.25, -0.2) is 4.98 Å². The van der Waals surface area contributed by atoms with Gasteiger partial charge in [-0.05, 0) is 49.2 Å². The SMILES string of the molecule is C=CC(=O)Nc1cccc(Nc2nc(Nc3ccc(N4CC5CCC(C4)N5C(C)=O)cc3OC)ncc2C(F)(F)F)c1. The van der Waals surface area contributed by atoms with E-state index in [4.69, 9.17) is 4.74 Å². The average Bonchev–Trinajstić information content (AvgIpc) is 3.22. The second kappa shape index (κ2) is 11.6. The molecule has 2 fully saturated rings. The zero-order valence-corrected chi connectivity index (χ0v) is 23.0. The Hall–Kier alpha value is -4.81. The lowest BCUT2D eigenvalue weighted by Crippen LogP contribution is -2.55. The van der Waals surface area contributed by atoms with E-state index in [2.05, 4.69) is 37.4 Å². The van der Waals surface area contributed by atoms with Crippen molar-refractivity contribution >= 4 is 46.3 Å². The Morgan fingerprint density at radius 3 is 2.43 bits per heavy atom. The van der Waals surface area contributed by atoms with Crippen LogP contribution in [0.15, 0.2) is 61.3 Å². The fourth-order valence-electron chi connectivity index (χ4n) is 5.48. The number of methoxy groups -OCH3 is 1. The highest BCUT2D eigenvalue weighted by Crippen LogP contribution is 2.38. The number of hydrogen-bond donors (Lipinski definition) is 3. The van der Waals surface area contributed by atoms with E-state index in [-0.39, 0.29) is 29.6 Å². The van der Waals surface area contributed by atoms with Gasteiger partial charge < -0.3 is 30.5 Å². The average molecular weight is 582 g/mol. The summed E-state index contributed by atoms with van der Waals surface area (Å²) in [5.74, 6) is -0.459. The number of aromatic nitrogens is 2. The molecule has 2 atom stereocenters. The van der Waals surface area contributed by atoms with E-state index in [1.54, 1.807) is 31.2 Å². The highest BCUT2D eigenvalue weighted by molar-refractivity contribution is 5.99. The van der Waals surface area contributed by atoms with Gasteiger partial charge in [0.05, 0.1) is 12.8 Å². The summed E-state index contributed by atoms with van der Waals surface area (Å²) in [5, 5.41) is 8.21. The van der Waals surface area contributed by atoms with Gasteiger partial charge in [0, 0.05) is 61.4 Å². The van der Waals surface area contributed by atoms with Crippen molar-refractivity contribution in [3.05, 3.63) is 66.9 Å². The minimum absolute atomic E-state index is 0.0826. The van der Waals surface area contributed by atoms with Crippen LogP contribution in [0.3, 0.4) is 0 Å². The maximum absolute atomic E-state index is 13.8. The minimum Gasteiger partial charge on any atom is -0.494 e. The van der Waals surface area contributed by atoms with Crippen LogP contribution in [0.25, 0.3) is 0 Å². The van der Waals surface area contributed by atoms with Crippen molar-refractivity contribution in [2.45, 2.75) is 38.0 Å². The molecule has 3 heterocycles. The van der Waals surface area contributed by atoms with Gasteiger partial charge in [-0.3, -0.25) is 9.59 Å². The molecule has 2 amide bonds. The van der Waals surface area contributed by atoms with Crippen molar-refractivity contribution in [2.24, 2.45) is 0 Å². The summed E-state index contributed by atoms with van der Waals surface area (Å²) < 4.78 is 47.0. The third-order valence-corrected chi connectivity index (χ3v) is 7.31. The van der Waals surface area contributed by atoms with E-state index in [1.807, 2.05) is 17.0 Å². The van der Waals surface area contributed by atoms with Gasteiger partial charge in [0.15, 0.2) is 0 Å². The molecule has 3 aromatic rings. The molecule has 0 spiro atoms. The number of alkyl halides is 3. The number of halogens is 3. The normalized spacial score (nSPS) is 17.9. The van der Waals surface area contributed by atoms with Crippen LogP contribution in [0.2, 0.25) is 0 Å². The van der Waals surface area contributed by atoms with Crippen molar-refractivity contribution in [1.29, 1.82) is 0 Å². The number of rotatable bonds is 8. The van der Waals surface area contributed by atoms with E-state index >= 15 is 0 Å². The van der Waals surface area contributed by atoms with Crippen molar-refractivity contribution in [2.75, 3.05) is 41.0 Å². The van der Waals surface area contributed by atoms with Crippen molar-refractivity contribution in [1.82, 2.24) is 14.9 Å². The molecule has 2 aliphatic rings. The lowest BCUT2D eigenvalue weighted by molar-refractivity contribution is -0.137. The first kappa shape index (κ1) is 28.7. The van der Waals surface area contributed by atoms with E-state index in [0.29, 0.717) is 36.4 Å². The summed E-state index contributed by atoms with van der Waals surface area (Å²) in [6.45, 7) is 6.41. The van der Waals surface area contributed by atoms with Crippen LogP contribution in [-0.4, -0.2) is 59.0 Å². The summed E-state index contributed by atoms with van der Waals surface area (Å²) in [6.07, 6.45) is -1.00. The molecule has 3 N–H and O–H groups in total. The molecule has 220 valence electrons. The minimum atomic E-state index is -4.72. The Labute approximate surface area is 240 Å². The predicted octanol–water partition coefficient (Wildman–Crippen LogP) is 5.32.